The van der Waals surface area contributed by atoms with Crippen LogP contribution >= 0.6 is 0 Å². The Kier molecular flexibility index (Phi) is 4.51. The molecule has 0 saturated carbocycles. The second-order valence-electron chi connectivity index (χ2n) is 3.43. The molecule has 1 saturated heterocycles. The zero-order valence-corrected chi connectivity index (χ0v) is 8.73. The number of carbonyl (C=O) groups excluding carboxylic acids is 1. The molecule has 1 heterocycles. The largest absolute Gasteiger partial charge is 0.481 e. The third kappa shape index (κ3) is 3.49. The van der Waals surface area contributed by atoms with Crippen molar-refractivity contribution in [1.82, 2.24) is 10.2 Å². The van der Waals surface area contributed by atoms with E-state index in [0.717, 1.165) is 0 Å². The van der Waals surface area contributed by atoms with Crippen molar-refractivity contribution in [3.05, 3.63) is 0 Å². The highest BCUT2D eigenvalue weighted by Crippen LogP contribution is 2.08. The lowest BCUT2D eigenvalue weighted by Crippen LogP contribution is -2.56. The molecule has 1 aliphatic rings. The van der Waals surface area contributed by atoms with E-state index in [4.69, 9.17) is 9.84 Å². The van der Waals surface area contributed by atoms with E-state index in [1.165, 1.54) is 0 Å². The average molecular weight is 216 g/mol. The zero-order chi connectivity index (χ0) is 11.3. The lowest BCUT2D eigenvalue weighted by Gasteiger charge is -2.33. The summed E-state index contributed by atoms with van der Waals surface area (Å²) in [5.41, 5.74) is 0. The van der Waals surface area contributed by atoms with E-state index in [0.29, 0.717) is 26.2 Å². The molecule has 0 aromatic rings. The normalized spacial score (nSPS) is 22.5. The molecule has 1 aliphatic heterocycles. The summed E-state index contributed by atoms with van der Waals surface area (Å²) in [6.45, 7) is 2.33. The quantitative estimate of drug-likeness (QED) is 0.610. The molecular weight excluding hydrogens is 200 g/mol. The van der Waals surface area contributed by atoms with Crippen LogP contribution in [-0.2, 0) is 14.3 Å². The van der Waals surface area contributed by atoms with Crippen molar-refractivity contribution in [3.63, 3.8) is 0 Å². The molecular formula is C9H16N2O4. The van der Waals surface area contributed by atoms with Gasteiger partial charge < -0.3 is 15.2 Å². The van der Waals surface area contributed by atoms with Gasteiger partial charge in [-0.3, -0.25) is 14.5 Å². The number of carbonyl (C=O) groups is 2. The number of aliphatic carboxylic acids is 1. The molecule has 1 atom stereocenters. The van der Waals surface area contributed by atoms with Crippen LogP contribution < -0.4 is 5.32 Å². The van der Waals surface area contributed by atoms with Gasteiger partial charge in [0.15, 0.2) is 0 Å². The van der Waals surface area contributed by atoms with Crippen LogP contribution in [0.5, 0.6) is 0 Å². The third-order valence-electron chi connectivity index (χ3n) is 2.39. The van der Waals surface area contributed by atoms with Crippen molar-refractivity contribution in [2.75, 3.05) is 33.4 Å². The van der Waals surface area contributed by atoms with Gasteiger partial charge in [-0.05, 0) is 0 Å². The molecule has 1 rings (SSSR count). The Bertz CT molecular complexity index is 244. The van der Waals surface area contributed by atoms with Gasteiger partial charge in [-0.1, -0.05) is 0 Å². The summed E-state index contributed by atoms with van der Waals surface area (Å²) in [6.07, 6.45) is -0.157. The minimum Gasteiger partial charge on any atom is -0.481 e. The fraction of sp³-hybridized carbons (Fsp3) is 0.778. The van der Waals surface area contributed by atoms with Gasteiger partial charge in [0.05, 0.1) is 19.1 Å². The van der Waals surface area contributed by atoms with E-state index < -0.39 is 12.0 Å². The maximum atomic E-state index is 11.4. The Morgan fingerprint density at radius 1 is 1.73 bits per heavy atom. The number of hydrogen-bond acceptors (Lipinski definition) is 4. The molecule has 1 fully saturated rings. The van der Waals surface area contributed by atoms with E-state index in [2.05, 4.69) is 5.32 Å². The number of nitrogens with one attached hydrogen (secondary N) is 1. The molecule has 1 unspecified atom stereocenters. The van der Waals surface area contributed by atoms with Crippen molar-refractivity contribution >= 4 is 11.9 Å². The van der Waals surface area contributed by atoms with Crippen molar-refractivity contribution in [2.45, 2.75) is 12.5 Å². The Morgan fingerprint density at radius 2 is 2.47 bits per heavy atom. The van der Waals surface area contributed by atoms with Crippen LogP contribution in [-0.4, -0.2) is 61.3 Å². The molecule has 0 aliphatic carbocycles. The topological polar surface area (TPSA) is 78.9 Å². The Labute approximate surface area is 88.2 Å². The number of carboxylic acids is 1. The van der Waals surface area contributed by atoms with Crippen LogP contribution in [0.3, 0.4) is 0 Å². The van der Waals surface area contributed by atoms with Crippen LogP contribution in [0, 0.1) is 0 Å². The van der Waals surface area contributed by atoms with Crippen LogP contribution in [0.25, 0.3) is 0 Å². The number of piperazine rings is 1. The molecule has 86 valence electrons. The summed E-state index contributed by atoms with van der Waals surface area (Å²) in [5.74, 6) is -1.17. The van der Waals surface area contributed by atoms with Crippen molar-refractivity contribution < 1.29 is 19.4 Å². The van der Waals surface area contributed by atoms with Gasteiger partial charge >= 0.3 is 5.97 Å². The number of methoxy groups -OCH3 is 1. The molecule has 6 heteroatoms. The summed E-state index contributed by atoms with van der Waals surface area (Å²) in [5, 5.41) is 11.3. The minimum atomic E-state index is -0.959. The van der Waals surface area contributed by atoms with Crippen molar-refractivity contribution in [3.8, 4) is 0 Å². The summed E-state index contributed by atoms with van der Waals surface area (Å²) in [6, 6.07) is -0.564. The highest BCUT2D eigenvalue weighted by atomic mass is 16.5. The highest BCUT2D eigenvalue weighted by Gasteiger charge is 2.30. The number of carboxylic acid groups (broad SMARTS) is 1. The second kappa shape index (κ2) is 5.67. The van der Waals surface area contributed by atoms with Crippen LogP contribution in [0.4, 0.5) is 0 Å². The minimum absolute atomic E-state index is 0.157. The molecule has 0 aromatic heterocycles. The molecule has 0 aromatic carbocycles. The van der Waals surface area contributed by atoms with Gasteiger partial charge in [0, 0.05) is 26.7 Å². The van der Waals surface area contributed by atoms with E-state index >= 15 is 0 Å². The van der Waals surface area contributed by atoms with Gasteiger partial charge in [0.1, 0.15) is 0 Å². The summed E-state index contributed by atoms with van der Waals surface area (Å²) < 4.78 is 4.91. The van der Waals surface area contributed by atoms with Gasteiger partial charge in [0.2, 0.25) is 5.91 Å². The van der Waals surface area contributed by atoms with E-state index in [1.807, 2.05) is 4.90 Å². The van der Waals surface area contributed by atoms with Gasteiger partial charge in [-0.15, -0.1) is 0 Å². The first-order valence-corrected chi connectivity index (χ1v) is 4.87. The smallest absolute Gasteiger partial charge is 0.305 e. The Balaban J connectivity index is 2.55. The van der Waals surface area contributed by atoms with E-state index in [-0.39, 0.29) is 12.3 Å². The number of rotatable bonds is 5. The fourth-order valence-electron chi connectivity index (χ4n) is 1.63. The number of hydrogen-bond donors (Lipinski definition) is 2. The monoisotopic (exact) mass is 216 g/mol. The first-order chi connectivity index (χ1) is 7.15. The average Bonchev–Trinajstić information content (AvgIpc) is 2.18. The maximum absolute atomic E-state index is 11.4. The third-order valence-corrected chi connectivity index (χ3v) is 2.39. The zero-order valence-electron chi connectivity index (χ0n) is 8.73. The van der Waals surface area contributed by atoms with Gasteiger partial charge in [-0.25, -0.2) is 0 Å². The highest BCUT2D eigenvalue weighted by molar-refractivity contribution is 5.86. The van der Waals surface area contributed by atoms with Crippen LogP contribution in [0.15, 0.2) is 0 Å². The first-order valence-electron chi connectivity index (χ1n) is 4.87. The second-order valence-corrected chi connectivity index (χ2v) is 3.43. The lowest BCUT2D eigenvalue weighted by atomic mass is 10.1. The Morgan fingerprint density at radius 3 is 3.07 bits per heavy atom. The standard InChI is InChI=1S/C9H16N2O4/c1-15-5-4-11-3-2-10-9(14)7(11)6-8(12)13/h7H,2-6H2,1H3,(H,10,14)(H,12,13). The van der Waals surface area contributed by atoms with Crippen LogP contribution in [0.1, 0.15) is 6.42 Å². The molecule has 15 heavy (non-hydrogen) atoms. The predicted molar refractivity (Wildman–Crippen MR) is 52.5 cm³/mol. The van der Waals surface area contributed by atoms with E-state index in [9.17, 15) is 9.59 Å². The molecule has 0 spiro atoms. The molecule has 0 bridgehead atoms. The fourth-order valence-corrected chi connectivity index (χ4v) is 1.63. The number of ether oxygens (including phenoxy) is 1. The van der Waals surface area contributed by atoms with Gasteiger partial charge in [0.25, 0.3) is 0 Å². The van der Waals surface area contributed by atoms with Crippen LogP contribution in [0.2, 0.25) is 0 Å². The first kappa shape index (κ1) is 11.9. The Hall–Kier alpha value is -1.14. The van der Waals surface area contributed by atoms with E-state index in [1.54, 1.807) is 7.11 Å². The molecule has 2 N–H and O–H groups in total. The summed E-state index contributed by atoms with van der Waals surface area (Å²) in [7, 11) is 1.58. The molecule has 1 amide bonds. The SMILES string of the molecule is COCCN1CCNC(=O)C1CC(=O)O. The predicted octanol–water partition coefficient (Wildman–Crippen LogP) is -1.09. The van der Waals surface area contributed by atoms with Gasteiger partial charge in [-0.2, -0.15) is 0 Å². The lowest BCUT2D eigenvalue weighted by molar-refractivity contribution is -0.143. The number of amides is 1. The molecule has 0 radical (unpaired) electrons. The molecule has 6 nitrogen and oxygen atoms in total. The van der Waals surface area contributed by atoms with Crippen molar-refractivity contribution in [2.24, 2.45) is 0 Å². The number of nitrogens with zero attached hydrogens (tertiary/aromatic N) is 1. The maximum Gasteiger partial charge on any atom is 0.305 e. The summed E-state index contributed by atoms with van der Waals surface area (Å²) in [4.78, 5) is 23.9. The van der Waals surface area contributed by atoms with Crippen molar-refractivity contribution in [1.29, 1.82) is 0 Å². The summed E-state index contributed by atoms with van der Waals surface area (Å²) >= 11 is 0.